The molecule has 0 spiro atoms. The van der Waals surface area contributed by atoms with Crippen molar-refractivity contribution in [3.8, 4) is 11.5 Å². The van der Waals surface area contributed by atoms with Gasteiger partial charge in [-0.3, -0.25) is 0 Å². The molecule has 0 aromatic heterocycles. The fourth-order valence-electron chi connectivity index (χ4n) is 1.68. The number of phenols is 1. The fourth-order valence-corrected chi connectivity index (χ4v) is 2.43. The Kier molecular flexibility index (Phi) is 4.71. The summed E-state index contributed by atoms with van der Waals surface area (Å²) in [5.74, 6) is 0.622. The molecular formula is C14H13Br2NO2. The molecule has 3 nitrogen and oxygen atoms in total. The van der Waals surface area contributed by atoms with Gasteiger partial charge in [0.2, 0.25) is 0 Å². The summed E-state index contributed by atoms with van der Waals surface area (Å²) in [6, 6.07) is 11.5. The van der Waals surface area contributed by atoms with Crippen molar-refractivity contribution in [2.45, 2.75) is 6.54 Å². The molecule has 19 heavy (non-hydrogen) atoms. The molecule has 0 aliphatic carbocycles. The minimum atomic E-state index is 0.162. The first-order valence-corrected chi connectivity index (χ1v) is 7.23. The van der Waals surface area contributed by atoms with E-state index >= 15 is 0 Å². The Labute approximate surface area is 128 Å². The number of aromatic hydroxyl groups is 1. The number of rotatable bonds is 4. The SMILES string of the molecule is COc1cc(Br)cc(CNc2ccc(Br)cc2)c1O. The second kappa shape index (κ2) is 6.30. The zero-order valence-corrected chi connectivity index (χ0v) is 13.5. The topological polar surface area (TPSA) is 41.5 Å². The van der Waals surface area contributed by atoms with Crippen LogP contribution in [-0.4, -0.2) is 12.2 Å². The molecule has 0 atom stereocenters. The zero-order valence-electron chi connectivity index (χ0n) is 10.3. The van der Waals surface area contributed by atoms with Crippen molar-refractivity contribution < 1.29 is 9.84 Å². The average Bonchev–Trinajstić information content (AvgIpc) is 2.41. The number of phenolic OH excluding ortho intramolecular Hbond substituents is 1. The Hall–Kier alpha value is -1.20. The van der Waals surface area contributed by atoms with Crippen molar-refractivity contribution in [3.05, 3.63) is 50.9 Å². The highest BCUT2D eigenvalue weighted by Gasteiger charge is 2.09. The maximum absolute atomic E-state index is 10.0. The van der Waals surface area contributed by atoms with Crippen LogP contribution in [0.3, 0.4) is 0 Å². The minimum absolute atomic E-state index is 0.162. The molecule has 0 bridgehead atoms. The summed E-state index contributed by atoms with van der Waals surface area (Å²) in [7, 11) is 1.54. The lowest BCUT2D eigenvalue weighted by atomic mass is 10.2. The van der Waals surface area contributed by atoms with Gasteiger partial charge in [0.25, 0.3) is 0 Å². The van der Waals surface area contributed by atoms with Crippen LogP contribution in [0, 0.1) is 0 Å². The first-order chi connectivity index (χ1) is 9.10. The number of hydrogen-bond donors (Lipinski definition) is 2. The first kappa shape index (κ1) is 14.2. The summed E-state index contributed by atoms with van der Waals surface area (Å²) < 4.78 is 7.02. The Morgan fingerprint density at radius 1 is 1.11 bits per heavy atom. The number of halogens is 2. The Morgan fingerprint density at radius 3 is 2.42 bits per heavy atom. The summed E-state index contributed by atoms with van der Waals surface area (Å²) in [6.07, 6.45) is 0. The van der Waals surface area contributed by atoms with Crippen LogP contribution in [0.2, 0.25) is 0 Å². The van der Waals surface area contributed by atoms with Gasteiger partial charge in [-0.1, -0.05) is 31.9 Å². The Bertz CT molecular complexity index is 570. The van der Waals surface area contributed by atoms with Crippen molar-refractivity contribution in [1.29, 1.82) is 0 Å². The van der Waals surface area contributed by atoms with Gasteiger partial charge in [0.1, 0.15) is 0 Å². The van der Waals surface area contributed by atoms with Crippen LogP contribution in [-0.2, 0) is 6.54 Å². The standard InChI is InChI=1S/C14H13Br2NO2/c1-19-13-7-11(16)6-9(14(13)18)8-17-12-4-2-10(15)3-5-12/h2-7,17-18H,8H2,1H3. The molecule has 0 aliphatic heterocycles. The van der Waals surface area contributed by atoms with Gasteiger partial charge in [-0.2, -0.15) is 0 Å². The smallest absolute Gasteiger partial charge is 0.162 e. The second-order valence-electron chi connectivity index (χ2n) is 3.98. The van der Waals surface area contributed by atoms with E-state index in [1.807, 2.05) is 30.3 Å². The number of methoxy groups -OCH3 is 1. The van der Waals surface area contributed by atoms with Crippen LogP contribution >= 0.6 is 31.9 Å². The fraction of sp³-hybridized carbons (Fsp3) is 0.143. The number of anilines is 1. The summed E-state index contributed by atoms with van der Waals surface area (Å²) in [5.41, 5.74) is 1.76. The van der Waals surface area contributed by atoms with Crippen LogP contribution in [0.25, 0.3) is 0 Å². The molecule has 100 valence electrons. The Balaban J connectivity index is 2.15. The quantitative estimate of drug-likeness (QED) is 0.810. The number of nitrogens with one attached hydrogen (secondary N) is 1. The zero-order chi connectivity index (χ0) is 13.8. The van der Waals surface area contributed by atoms with E-state index in [4.69, 9.17) is 4.74 Å². The molecule has 5 heteroatoms. The molecule has 0 aliphatic rings. The predicted molar refractivity (Wildman–Crippen MR) is 83.8 cm³/mol. The molecule has 2 N–H and O–H groups in total. The summed E-state index contributed by atoms with van der Waals surface area (Å²) >= 11 is 6.79. The van der Waals surface area contributed by atoms with E-state index in [0.717, 1.165) is 20.2 Å². The lowest BCUT2D eigenvalue weighted by Crippen LogP contribution is -2.00. The molecule has 0 saturated carbocycles. The molecule has 2 rings (SSSR count). The normalized spacial score (nSPS) is 10.3. The van der Waals surface area contributed by atoms with Gasteiger partial charge in [0.15, 0.2) is 11.5 Å². The molecule has 0 heterocycles. The van der Waals surface area contributed by atoms with E-state index in [1.165, 1.54) is 7.11 Å². The van der Waals surface area contributed by atoms with Crippen molar-refractivity contribution >= 4 is 37.5 Å². The lowest BCUT2D eigenvalue weighted by Gasteiger charge is -2.11. The molecule has 0 radical (unpaired) electrons. The van der Waals surface area contributed by atoms with Crippen LogP contribution in [0.5, 0.6) is 11.5 Å². The van der Waals surface area contributed by atoms with E-state index in [1.54, 1.807) is 6.07 Å². The highest BCUT2D eigenvalue weighted by Crippen LogP contribution is 2.33. The number of ether oxygens (including phenoxy) is 1. The third-order valence-corrected chi connectivity index (χ3v) is 3.65. The molecule has 2 aromatic rings. The van der Waals surface area contributed by atoms with Crippen LogP contribution in [0.1, 0.15) is 5.56 Å². The molecule has 0 saturated heterocycles. The first-order valence-electron chi connectivity index (χ1n) is 5.65. The predicted octanol–water partition coefficient (Wildman–Crippen LogP) is 4.54. The third kappa shape index (κ3) is 3.64. The molecule has 0 fully saturated rings. The largest absolute Gasteiger partial charge is 0.504 e. The summed E-state index contributed by atoms with van der Waals surface area (Å²) in [5, 5.41) is 13.3. The van der Waals surface area contributed by atoms with Crippen LogP contribution < -0.4 is 10.1 Å². The van der Waals surface area contributed by atoms with Crippen molar-refractivity contribution in [2.24, 2.45) is 0 Å². The van der Waals surface area contributed by atoms with Crippen molar-refractivity contribution in [1.82, 2.24) is 0 Å². The maximum Gasteiger partial charge on any atom is 0.162 e. The molecule has 2 aromatic carbocycles. The van der Waals surface area contributed by atoms with Gasteiger partial charge < -0.3 is 15.2 Å². The molecular weight excluding hydrogens is 374 g/mol. The van der Waals surface area contributed by atoms with Gasteiger partial charge in [-0.05, 0) is 36.4 Å². The second-order valence-corrected chi connectivity index (χ2v) is 5.81. The van der Waals surface area contributed by atoms with Gasteiger partial charge in [0.05, 0.1) is 7.11 Å². The van der Waals surface area contributed by atoms with E-state index in [-0.39, 0.29) is 5.75 Å². The number of hydrogen-bond acceptors (Lipinski definition) is 3. The molecule has 0 amide bonds. The van der Waals surface area contributed by atoms with E-state index in [9.17, 15) is 5.11 Å². The summed E-state index contributed by atoms with van der Waals surface area (Å²) in [6.45, 7) is 0.517. The van der Waals surface area contributed by atoms with E-state index in [2.05, 4.69) is 37.2 Å². The van der Waals surface area contributed by atoms with Crippen molar-refractivity contribution in [2.75, 3.05) is 12.4 Å². The van der Waals surface area contributed by atoms with Gasteiger partial charge in [-0.15, -0.1) is 0 Å². The summed E-state index contributed by atoms with van der Waals surface area (Å²) in [4.78, 5) is 0. The Morgan fingerprint density at radius 2 is 1.79 bits per heavy atom. The molecule has 0 unspecified atom stereocenters. The monoisotopic (exact) mass is 385 g/mol. The van der Waals surface area contributed by atoms with E-state index in [0.29, 0.717) is 12.3 Å². The third-order valence-electron chi connectivity index (χ3n) is 2.67. The lowest BCUT2D eigenvalue weighted by molar-refractivity contribution is 0.370. The van der Waals surface area contributed by atoms with Crippen LogP contribution in [0.4, 0.5) is 5.69 Å². The number of benzene rings is 2. The van der Waals surface area contributed by atoms with Gasteiger partial charge >= 0.3 is 0 Å². The van der Waals surface area contributed by atoms with Crippen molar-refractivity contribution in [3.63, 3.8) is 0 Å². The van der Waals surface area contributed by atoms with Gasteiger partial charge in [-0.25, -0.2) is 0 Å². The van der Waals surface area contributed by atoms with Crippen LogP contribution in [0.15, 0.2) is 45.3 Å². The minimum Gasteiger partial charge on any atom is -0.504 e. The van der Waals surface area contributed by atoms with E-state index < -0.39 is 0 Å². The maximum atomic E-state index is 10.0. The van der Waals surface area contributed by atoms with Gasteiger partial charge in [0, 0.05) is 26.7 Å². The average molecular weight is 387 g/mol. The highest BCUT2D eigenvalue weighted by molar-refractivity contribution is 9.10. The highest BCUT2D eigenvalue weighted by atomic mass is 79.9.